The molecule has 6 nitrogen and oxygen atoms in total. The van der Waals surface area contributed by atoms with E-state index in [0.717, 1.165) is 63.6 Å². The summed E-state index contributed by atoms with van der Waals surface area (Å²) in [6.07, 6.45) is 3.86. The van der Waals surface area contributed by atoms with Crippen LogP contribution in [0.25, 0.3) is 0 Å². The van der Waals surface area contributed by atoms with Gasteiger partial charge in [0.25, 0.3) is 0 Å². The van der Waals surface area contributed by atoms with Crippen molar-refractivity contribution in [3.63, 3.8) is 0 Å². The molecule has 0 bridgehead atoms. The van der Waals surface area contributed by atoms with Crippen LogP contribution in [-0.4, -0.2) is 54.7 Å². The summed E-state index contributed by atoms with van der Waals surface area (Å²) in [7, 11) is 0. The maximum Gasteiger partial charge on any atom is 0.237 e. The number of carbonyl (C=O) groups is 1. The summed E-state index contributed by atoms with van der Waals surface area (Å²) in [5.74, 6) is 1.09. The Morgan fingerprint density at radius 3 is 2.64 bits per heavy atom. The fourth-order valence-electron chi connectivity index (χ4n) is 3.94. The second kappa shape index (κ2) is 9.17. The Labute approximate surface area is 166 Å². The van der Waals surface area contributed by atoms with E-state index >= 15 is 0 Å². The van der Waals surface area contributed by atoms with Crippen LogP contribution in [0.3, 0.4) is 0 Å². The molecule has 3 heterocycles. The highest BCUT2D eigenvalue weighted by molar-refractivity contribution is 5.82. The van der Waals surface area contributed by atoms with Crippen LogP contribution >= 0.6 is 0 Å². The van der Waals surface area contributed by atoms with Gasteiger partial charge in [-0.1, -0.05) is 36.4 Å². The number of nitrogens with one attached hydrogen (secondary N) is 1. The maximum absolute atomic E-state index is 12.7. The average Bonchev–Trinajstić information content (AvgIpc) is 3.22. The first-order chi connectivity index (χ1) is 13.8. The molecule has 2 aliphatic heterocycles. The van der Waals surface area contributed by atoms with Crippen molar-refractivity contribution < 1.29 is 9.53 Å². The summed E-state index contributed by atoms with van der Waals surface area (Å²) < 4.78 is 5.38. The first-order valence-corrected chi connectivity index (χ1v) is 10.1. The molecule has 28 heavy (non-hydrogen) atoms. The molecule has 1 amide bonds. The Bertz CT molecular complexity index is 760. The van der Waals surface area contributed by atoms with E-state index in [4.69, 9.17) is 4.74 Å². The van der Waals surface area contributed by atoms with E-state index in [9.17, 15) is 4.79 Å². The molecule has 1 aromatic heterocycles. The van der Waals surface area contributed by atoms with E-state index in [1.807, 2.05) is 30.5 Å². The van der Waals surface area contributed by atoms with Crippen LogP contribution in [0.5, 0.6) is 0 Å². The normalized spacial score (nSPS) is 20.3. The number of hydrogen-bond acceptors (Lipinski definition) is 5. The highest BCUT2D eigenvalue weighted by Crippen LogP contribution is 2.20. The Morgan fingerprint density at radius 1 is 1.07 bits per heavy atom. The zero-order chi connectivity index (χ0) is 19.2. The number of ether oxygens (including phenoxy) is 1. The lowest BCUT2D eigenvalue weighted by atomic mass is 10.1. The summed E-state index contributed by atoms with van der Waals surface area (Å²) >= 11 is 0. The summed E-state index contributed by atoms with van der Waals surface area (Å²) in [6, 6.07) is 14.4. The SMILES string of the molecule is O=C(NCc1ccc(N2CCOCC2)nc1)[C@H]1CCCN1Cc1ccccc1. The van der Waals surface area contributed by atoms with Gasteiger partial charge in [0, 0.05) is 32.4 Å². The Hall–Kier alpha value is -2.44. The predicted molar refractivity (Wildman–Crippen MR) is 109 cm³/mol. The molecule has 2 aromatic rings. The molecule has 0 radical (unpaired) electrons. The first-order valence-electron chi connectivity index (χ1n) is 10.1. The lowest BCUT2D eigenvalue weighted by Crippen LogP contribution is -2.42. The second-order valence-electron chi connectivity index (χ2n) is 7.46. The molecule has 0 spiro atoms. The molecule has 1 aromatic carbocycles. The van der Waals surface area contributed by atoms with Crippen LogP contribution in [0.4, 0.5) is 5.82 Å². The molecule has 2 fully saturated rings. The van der Waals surface area contributed by atoms with Crippen molar-refractivity contribution in [2.75, 3.05) is 37.7 Å². The van der Waals surface area contributed by atoms with E-state index in [2.05, 4.69) is 38.3 Å². The number of benzene rings is 1. The van der Waals surface area contributed by atoms with Crippen LogP contribution in [0, 0.1) is 0 Å². The average molecular weight is 380 g/mol. The van der Waals surface area contributed by atoms with Gasteiger partial charge in [-0.05, 0) is 36.6 Å². The Kier molecular flexibility index (Phi) is 6.19. The number of rotatable bonds is 6. The number of nitrogens with zero attached hydrogens (tertiary/aromatic N) is 3. The molecule has 148 valence electrons. The molecular formula is C22H28N4O2. The highest BCUT2D eigenvalue weighted by atomic mass is 16.5. The quantitative estimate of drug-likeness (QED) is 0.833. The van der Waals surface area contributed by atoms with Crippen molar-refractivity contribution >= 4 is 11.7 Å². The highest BCUT2D eigenvalue weighted by Gasteiger charge is 2.30. The molecule has 0 saturated carbocycles. The van der Waals surface area contributed by atoms with Crippen LogP contribution in [-0.2, 0) is 22.6 Å². The molecule has 0 aliphatic carbocycles. The van der Waals surface area contributed by atoms with Gasteiger partial charge in [-0.2, -0.15) is 0 Å². The minimum atomic E-state index is -0.0409. The van der Waals surface area contributed by atoms with Crippen molar-refractivity contribution in [1.82, 2.24) is 15.2 Å². The minimum Gasteiger partial charge on any atom is -0.378 e. The number of amides is 1. The largest absolute Gasteiger partial charge is 0.378 e. The number of morpholine rings is 1. The van der Waals surface area contributed by atoms with Crippen molar-refractivity contribution in [3.05, 3.63) is 59.8 Å². The van der Waals surface area contributed by atoms with Gasteiger partial charge in [0.2, 0.25) is 5.91 Å². The standard InChI is InChI=1S/C22H28N4O2/c27-22(20-7-4-10-26(20)17-18-5-2-1-3-6-18)24-16-19-8-9-21(23-15-19)25-11-13-28-14-12-25/h1-3,5-6,8-9,15,20H,4,7,10-14,16-17H2,(H,24,27)/t20-/m1/s1. The van der Waals surface area contributed by atoms with Crippen molar-refractivity contribution in [3.8, 4) is 0 Å². The molecule has 2 aliphatic rings. The fourth-order valence-corrected chi connectivity index (χ4v) is 3.94. The third-order valence-corrected chi connectivity index (χ3v) is 5.51. The maximum atomic E-state index is 12.7. The molecule has 0 unspecified atom stereocenters. The summed E-state index contributed by atoms with van der Waals surface area (Å²) in [6.45, 7) is 5.58. The van der Waals surface area contributed by atoms with Crippen LogP contribution in [0.15, 0.2) is 48.7 Å². The van der Waals surface area contributed by atoms with E-state index in [1.165, 1.54) is 5.56 Å². The van der Waals surface area contributed by atoms with E-state index in [0.29, 0.717) is 6.54 Å². The smallest absolute Gasteiger partial charge is 0.237 e. The van der Waals surface area contributed by atoms with Crippen molar-refractivity contribution in [2.24, 2.45) is 0 Å². The van der Waals surface area contributed by atoms with Crippen molar-refractivity contribution in [1.29, 1.82) is 0 Å². The monoisotopic (exact) mass is 380 g/mol. The third-order valence-electron chi connectivity index (χ3n) is 5.51. The molecule has 1 N–H and O–H groups in total. The summed E-state index contributed by atoms with van der Waals surface area (Å²) in [5, 5.41) is 3.10. The lowest BCUT2D eigenvalue weighted by molar-refractivity contribution is -0.125. The van der Waals surface area contributed by atoms with E-state index in [1.54, 1.807) is 0 Å². The van der Waals surface area contributed by atoms with Gasteiger partial charge in [-0.25, -0.2) is 4.98 Å². The topological polar surface area (TPSA) is 57.7 Å². The van der Waals surface area contributed by atoms with Gasteiger partial charge < -0.3 is 15.0 Å². The minimum absolute atomic E-state index is 0.0409. The fraction of sp³-hybridized carbons (Fsp3) is 0.455. The Morgan fingerprint density at radius 2 is 1.89 bits per heavy atom. The van der Waals surface area contributed by atoms with E-state index < -0.39 is 0 Å². The van der Waals surface area contributed by atoms with E-state index in [-0.39, 0.29) is 11.9 Å². The van der Waals surface area contributed by atoms with Gasteiger partial charge in [-0.3, -0.25) is 9.69 Å². The van der Waals surface area contributed by atoms with Crippen LogP contribution in [0.1, 0.15) is 24.0 Å². The number of carbonyl (C=O) groups excluding carboxylic acids is 1. The molecule has 1 atom stereocenters. The van der Waals surface area contributed by atoms with Crippen LogP contribution < -0.4 is 10.2 Å². The summed E-state index contributed by atoms with van der Waals surface area (Å²) in [4.78, 5) is 21.8. The van der Waals surface area contributed by atoms with Gasteiger partial charge in [-0.15, -0.1) is 0 Å². The lowest BCUT2D eigenvalue weighted by Gasteiger charge is -2.27. The predicted octanol–water partition coefficient (Wildman–Crippen LogP) is 2.20. The van der Waals surface area contributed by atoms with Gasteiger partial charge in [0.05, 0.1) is 19.3 Å². The van der Waals surface area contributed by atoms with Gasteiger partial charge >= 0.3 is 0 Å². The second-order valence-corrected chi connectivity index (χ2v) is 7.46. The molecular weight excluding hydrogens is 352 g/mol. The zero-order valence-electron chi connectivity index (χ0n) is 16.2. The molecule has 2 saturated heterocycles. The summed E-state index contributed by atoms with van der Waals surface area (Å²) in [5.41, 5.74) is 2.28. The molecule has 6 heteroatoms. The number of pyridine rings is 1. The number of hydrogen-bond donors (Lipinski definition) is 1. The number of likely N-dealkylation sites (tertiary alicyclic amines) is 1. The zero-order valence-corrected chi connectivity index (χ0v) is 16.2. The van der Waals surface area contributed by atoms with Gasteiger partial charge in [0.15, 0.2) is 0 Å². The first kappa shape index (κ1) is 18.9. The number of aromatic nitrogens is 1. The van der Waals surface area contributed by atoms with Crippen LogP contribution in [0.2, 0.25) is 0 Å². The van der Waals surface area contributed by atoms with Gasteiger partial charge in [0.1, 0.15) is 5.82 Å². The Balaban J connectivity index is 1.29. The molecule has 4 rings (SSSR count). The van der Waals surface area contributed by atoms with Crippen molar-refractivity contribution in [2.45, 2.75) is 32.0 Å². The third kappa shape index (κ3) is 4.69. The number of anilines is 1.